The van der Waals surface area contributed by atoms with Crippen LogP contribution in [0.1, 0.15) is 35.4 Å². The number of hydrogen-bond acceptors (Lipinski definition) is 3. The lowest BCUT2D eigenvalue weighted by molar-refractivity contribution is -0.116. The largest absolute Gasteiger partial charge is 0.381 e. The third-order valence-electron chi connectivity index (χ3n) is 2.73. The van der Waals surface area contributed by atoms with Gasteiger partial charge in [0.2, 0.25) is 0 Å². The van der Waals surface area contributed by atoms with Crippen LogP contribution in [0.4, 0.5) is 0 Å². The molecule has 1 aliphatic heterocycles. The molecule has 0 aliphatic carbocycles. The summed E-state index contributed by atoms with van der Waals surface area (Å²) in [7, 11) is 0. The topological polar surface area (TPSA) is 26.3 Å². The standard InChI is InChI=1S/C12H16O2S/c1-9(13)8-11-2-3-12(15-11)10-4-6-14-7-5-10/h2-3,10H,4-8H2,1H3. The normalized spacial score (nSPS) is 17.9. The van der Waals surface area contributed by atoms with Gasteiger partial charge in [0.15, 0.2) is 0 Å². The van der Waals surface area contributed by atoms with Gasteiger partial charge in [0.25, 0.3) is 0 Å². The maximum Gasteiger partial charge on any atom is 0.135 e. The summed E-state index contributed by atoms with van der Waals surface area (Å²) in [6.45, 7) is 3.41. The molecule has 0 amide bonds. The number of Topliss-reactive ketones (excluding diaryl/α,β-unsaturated/α-hetero) is 1. The maximum atomic E-state index is 11.0. The molecule has 2 heterocycles. The van der Waals surface area contributed by atoms with E-state index in [1.807, 2.05) is 0 Å². The van der Waals surface area contributed by atoms with Gasteiger partial charge in [0, 0.05) is 29.4 Å². The van der Waals surface area contributed by atoms with E-state index in [0.29, 0.717) is 12.3 Å². The molecular weight excluding hydrogens is 208 g/mol. The molecule has 15 heavy (non-hydrogen) atoms. The van der Waals surface area contributed by atoms with Crippen molar-refractivity contribution in [1.29, 1.82) is 0 Å². The second-order valence-corrected chi connectivity index (χ2v) is 5.27. The zero-order valence-corrected chi connectivity index (χ0v) is 9.81. The second kappa shape index (κ2) is 4.90. The van der Waals surface area contributed by atoms with Gasteiger partial charge in [-0.15, -0.1) is 11.3 Å². The fourth-order valence-electron chi connectivity index (χ4n) is 1.94. The van der Waals surface area contributed by atoms with Gasteiger partial charge in [-0.1, -0.05) is 0 Å². The average Bonchev–Trinajstić information content (AvgIpc) is 2.67. The minimum atomic E-state index is 0.246. The van der Waals surface area contributed by atoms with E-state index in [9.17, 15) is 4.79 Å². The van der Waals surface area contributed by atoms with Gasteiger partial charge in [-0.25, -0.2) is 0 Å². The SMILES string of the molecule is CC(=O)Cc1ccc(C2CCOCC2)s1. The second-order valence-electron chi connectivity index (χ2n) is 4.07. The van der Waals surface area contributed by atoms with Gasteiger partial charge in [0.05, 0.1) is 0 Å². The summed E-state index contributed by atoms with van der Waals surface area (Å²) in [5, 5.41) is 0. The molecule has 0 unspecified atom stereocenters. The van der Waals surface area contributed by atoms with Gasteiger partial charge in [-0.05, 0) is 37.8 Å². The number of thiophene rings is 1. The van der Waals surface area contributed by atoms with E-state index in [2.05, 4.69) is 12.1 Å². The van der Waals surface area contributed by atoms with Gasteiger partial charge in [-0.3, -0.25) is 4.79 Å². The Balaban J connectivity index is 2.02. The van der Waals surface area contributed by atoms with E-state index in [0.717, 1.165) is 26.1 Å². The van der Waals surface area contributed by atoms with E-state index in [1.165, 1.54) is 9.75 Å². The Morgan fingerprint density at radius 2 is 2.20 bits per heavy atom. The molecule has 1 aromatic heterocycles. The van der Waals surface area contributed by atoms with Crippen molar-refractivity contribution in [3.8, 4) is 0 Å². The molecule has 0 saturated carbocycles. The summed E-state index contributed by atoms with van der Waals surface area (Å²) in [6, 6.07) is 4.27. The molecule has 1 fully saturated rings. The summed E-state index contributed by atoms with van der Waals surface area (Å²) in [6.07, 6.45) is 2.84. The summed E-state index contributed by atoms with van der Waals surface area (Å²) in [5.74, 6) is 0.903. The first-order chi connectivity index (χ1) is 7.25. The van der Waals surface area contributed by atoms with Crippen LogP contribution in [0.5, 0.6) is 0 Å². The molecule has 0 aromatic carbocycles. The van der Waals surface area contributed by atoms with Crippen molar-refractivity contribution in [2.45, 2.75) is 32.1 Å². The molecule has 1 saturated heterocycles. The Bertz CT molecular complexity index is 337. The molecular formula is C12H16O2S. The number of rotatable bonds is 3. The van der Waals surface area contributed by atoms with Crippen LogP contribution < -0.4 is 0 Å². The molecule has 1 aliphatic rings. The fourth-order valence-corrected chi connectivity index (χ4v) is 3.19. The molecule has 0 bridgehead atoms. The number of carbonyl (C=O) groups excluding carboxylic acids is 1. The highest BCUT2D eigenvalue weighted by Crippen LogP contribution is 2.32. The summed E-state index contributed by atoms with van der Waals surface area (Å²) in [5.41, 5.74) is 0. The van der Waals surface area contributed by atoms with Crippen molar-refractivity contribution in [2.24, 2.45) is 0 Å². The molecule has 0 radical (unpaired) electrons. The van der Waals surface area contributed by atoms with Gasteiger partial charge in [0.1, 0.15) is 5.78 Å². The first-order valence-corrected chi connectivity index (χ1v) is 6.23. The van der Waals surface area contributed by atoms with Crippen LogP contribution in [0.2, 0.25) is 0 Å². The Labute approximate surface area is 94.3 Å². The van der Waals surface area contributed by atoms with Crippen LogP contribution in [-0.4, -0.2) is 19.0 Å². The van der Waals surface area contributed by atoms with Crippen LogP contribution in [0, 0.1) is 0 Å². The highest BCUT2D eigenvalue weighted by molar-refractivity contribution is 7.12. The third-order valence-corrected chi connectivity index (χ3v) is 3.98. The number of carbonyl (C=O) groups is 1. The Hall–Kier alpha value is -0.670. The Morgan fingerprint density at radius 3 is 2.87 bits per heavy atom. The molecule has 2 nitrogen and oxygen atoms in total. The number of ether oxygens (including phenoxy) is 1. The van der Waals surface area contributed by atoms with E-state index in [-0.39, 0.29) is 5.78 Å². The molecule has 2 rings (SSSR count). The predicted octanol–water partition coefficient (Wildman–Crippen LogP) is 2.77. The molecule has 0 N–H and O–H groups in total. The van der Waals surface area contributed by atoms with Crippen molar-refractivity contribution in [2.75, 3.05) is 13.2 Å². The van der Waals surface area contributed by atoms with Gasteiger partial charge >= 0.3 is 0 Å². The quantitative estimate of drug-likeness (QED) is 0.789. The van der Waals surface area contributed by atoms with Crippen LogP contribution in [-0.2, 0) is 16.0 Å². The number of ketones is 1. The summed E-state index contributed by atoms with van der Waals surface area (Å²) >= 11 is 1.79. The highest BCUT2D eigenvalue weighted by Gasteiger charge is 2.17. The molecule has 3 heteroatoms. The van der Waals surface area contributed by atoms with Crippen LogP contribution >= 0.6 is 11.3 Å². The smallest absolute Gasteiger partial charge is 0.135 e. The maximum absolute atomic E-state index is 11.0. The zero-order valence-electron chi connectivity index (χ0n) is 8.99. The predicted molar refractivity (Wildman–Crippen MR) is 61.5 cm³/mol. The minimum Gasteiger partial charge on any atom is -0.381 e. The number of hydrogen-bond donors (Lipinski definition) is 0. The van der Waals surface area contributed by atoms with Crippen LogP contribution in [0.3, 0.4) is 0 Å². The molecule has 1 aromatic rings. The van der Waals surface area contributed by atoms with E-state index in [1.54, 1.807) is 18.3 Å². The Kier molecular flexibility index (Phi) is 3.54. The van der Waals surface area contributed by atoms with Crippen molar-refractivity contribution in [3.63, 3.8) is 0 Å². The van der Waals surface area contributed by atoms with Crippen molar-refractivity contribution >= 4 is 17.1 Å². The lowest BCUT2D eigenvalue weighted by atomic mass is 9.99. The van der Waals surface area contributed by atoms with Crippen LogP contribution in [0.25, 0.3) is 0 Å². The summed E-state index contributed by atoms with van der Waals surface area (Å²) < 4.78 is 5.34. The lowest BCUT2D eigenvalue weighted by Crippen LogP contribution is -2.12. The van der Waals surface area contributed by atoms with Gasteiger partial charge < -0.3 is 4.74 Å². The zero-order chi connectivity index (χ0) is 10.7. The molecule has 0 spiro atoms. The fraction of sp³-hybridized carbons (Fsp3) is 0.583. The minimum absolute atomic E-state index is 0.246. The van der Waals surface area contributed by atoms with E-state index in [4.69, 9.17) is 4.74 Å². The lowest BCUT2D eigenvalue weighted by Gasteiger charge is -2.20. The summed E-state index contributed by atoms with van der Waals surface area (Å²) in [4.78, 5) is 13.6. The van der Waals surface area contributed by atoms with Crippen molar-refractivity contribution in [3.05, 3.63) is 21.9 Å². The average molecular weight is 224 g/mol. The first kappa shape index (κ1) is 10.8. The van der Waals surface area contributed by atoms with Crippen LogP contribution in [0.15, 0.2) is 12.1 Å². The first-order valence-electron chi connectivity index (χ1n) is 5.41. The van der Waals surface area contributed by atoms with Crippen molar-refractivity contribution < 1.29 is 9.53 Å². The highest BCUT2D eigenvalue weighted by atomic mass is 32.1. The van der Waals surface area contributed by atoms with Gasteiger partial charge in [-0.2, -0.15) is 0 Å². The monoisotopic (exact) mass is 224 g/mol. The van der Waals surface area contributed by atoms with E-state index >= 15 is 0 Å². The Morgan fingerprint density at radius 1 is 1.47 bits per heavy atom. The van der Waals surface area contributed by atoms with Crippen molar-refractivity contribution in [1.82, 2.24) is 0 Å². The third kappa shape index (κ3) is 2.89. The molecule has 0 atom stereocenters. The molecule has 82 valence electrons. The van der Waals surface area contributed by atoms with E-state index < -0.39 is 0 Å².